The highest BCUT2D eigenvalue weighted by molar-refractivity contribution is 6.17. The van der Waals surface area contributed by atoms with E-state index in [1.54, 1.807) is 0 Å². The van der Waals surface area contributed by atoms with Crippen molar-refractivity contribution in [3.8, 4) is 0 Å². The minimum absolute atomic E-state index is 0.0252. The molecule has 1 N–H and O–H groups in total. The van der Waals surface area contributed by atoms with E-state index in [9.17, 15) is 9.59 Å². The van der Waals surface area contributed by atoms with E-state index in [1.807, 2.05) is 55.7 Å². The van der Waals surface area contributed by atoms with Crippen LogP contribution in [0, 0.1) is 0 Å². The summed E-state index contributed by atoms with van der Waals surface area (Å²) in [6.07, 6.45) is 4.79. The summed E-state index contributed by atoms with van der Waals surface area (Å²) >= 11 is 5.53. The number of nitrogens with one attached hydrogen (secondary N) is 1. The normalized spacial score (nSPS) is 20.4. The molecule has 2 heterocycles. The Kier molecular flexibility index (Phi) is 6.21. The smallest absolute Gasteiger partial charge is 0.407 e. The minimum atomic E-state index is -0.550. The van der Waals surface area contributed by atoms with Gasteiger partial charge in [0, 0.05) is 32.0 Å². The summed E-state index contributed by atoms with van der Waals surface area (Å²) in [4.78, 5) is 26.1. The van der Waals surface area contributed by atoms with Gasteiger partial charge in [0.05, 0.1) is 5.69 Å². The number of anilines is 1. The summed E-state index contributed by atoms with van der Waals surface area (Å²) in [5, 5.41) is 2.79. The molecule has 1 fully saturated rings. The lowest BCUT2D eigenvalue weighted by Crippen LogP contribution is -2.47. The van der Waals surface area contributed by atoms with E-state index in [2.05, 4.69) is 5.32 Å². The number of carbonyl (C=O) groups excluding carboxylic acids is 2. The number of ether oxygens (including phenoxy) is 2. The third-order valence-electron chi connectivity index (χ3n) is 3.97. The maximum atomic E-state index is 12.2. The number of esters is 1. The van der Waals surface area contributed by atoms with Crippen LogP contribution in [0.5, 0.6) is 0 Å². The van der Waals surface area contributed by atoms with Gasteiger partial charge in [-0.15, -0.1) is 0 Å². The van der Waals surface area contributed by atoms with Crippen LogP contribution in [0.1, 0.15) is 33.6 Å². The fourth-order valence-electron chi connectivity index (χ4n) is 3.01. The predicted octanol–water partition coefficient (Wildman–Crippen LogP) is 2.63. The van der Waals surface area contributed by atoms with E-state index in [1.165, 1.54) is 0 Å². The van der Waals surface area contributed by atoms with Crippen molar-refractivity contribution in [1.29, 1.82) is 0 Å². The fraction of sp³-hybridized carbons (Fsp3) is 0.647. The highest BCUT2D eigenvalue weighted by Gasteiger charge is 2.39. The van der Waals surface area contributed by atoms with Gasteiger partial charge in [0.25, 0.3) is 0 Å². The van der Waals surface area contributed by atoms with Crippen molar-refractivity contribution in [1.82, 2.24) is 9.88 Å². The molecule has 25 heavy (non-hydrogen) atoms. The second-order valence-electron chi connectivity index (χ2n) is 7.14. The molecule has 8 heteroatoms. The number of alkyl carbamates (subject to hydrolysis) is 1. The number of hydrogen-bond donors (Lipinski definition) is 1. The van der Waals surface area contributed by atoms with Crippen LogP contribution < -0.4 is 10.2 Å². The van der Waals surface area contributed by atoms with Gasteiger partial charge < -0.3 is 24.3 Å². The molecule has 0 aliphatic carbocycles. The first-order chi connectivity index (χ1) is 11.7. The van der Waals surface area contributed by atoms with E-state index < -0.39 is 17.7 Å². The fourth-order valence-corrected chi connectivity index (χ4v) is 3.12. The predicted molar refractivity (Wildman–Crippen MR) is 95.8 cm³/mol. The monoisotopic (exact) mass is 371 g/mol. The Morgan fingerprint density at radius 3 is 2.64 bits per heavy atom. The topological polar surface area (TPSA) is 72.8 Å². The van der Waals surface area contributed by atoms with Gasteiger partial charge in [0.2, 0.25) is 0 Å². The molecule has 0 aromatic carbocycles. The van der Waals surface area contributed by atoms with Gasteiger partial charge >= 0.3 is 12.1 Å². The largest absolute Gasteiger partial charge is 0.448 e. The zero-order chi connectivity index (χ0) is 18.6. The van der Waals surface area contributed by atoms with Crippen LogP contribution in [0.25, 0.3) is 0 Å². The van der Waals surface area contributed by atoms with E-state index in [0.717, 1.165) is 12.1 Å². The summed E-state index contributed by atoms with van der Waals surface area (Å²) < 4.78 is 12.2. The van der Waals surface area contributed by atoms with Crippen molar-refractivity contribution in [2.24, 2.45) is 7.05 Å². The third kappa shape index (κ3) is 5.29. The number of alkyl halides is 1. The highest BCUT2D eigenvalue weighted by Crippen LogP contribution is 2.31. The minimum Gasteiger partial charge on any atom is -0.448 e. The summed E-state index contributed by atoms with van der Waals surface area (Å²) in [5.41, 5.74) is 0.360. The van der Waals surface area contributed by atoms with Crippen LogP contribution in [-0.4, -0.2) is 46.9 Å². The van der Waals surface area contributed by atoms with Crippen molar-refractivity contribution in [2.75, 3.05) is 17.5 Å². The molecule has 2 atom stereocenters. The van der Waals surface area contributed by atoms with Crippen LogP contribution in [0.4, 0.5) is 10.5 Å². The Morgan fingerprint density at radius 2 is 2.08 bits per heavy atom. The second kappa shape index (κ2) is 7.99. The van der Waals surface area contributed by atoms with Crippen molar-refractivity contribution in [3.05, 3.63) is 18.5 Å². The van der Waals surface area contributed by atoms with E-state index in [0.29, 0.717) is 13.0 Å². The molecule has 1 amide bonds. The summed E-state index contributed by atoms with van der Waals surface area (Å²) in [6.45, 7) is 5.83. The molecule has 0 radical (unpaired) electrons. The van der Waals surface area contributed by atoms with Gasteiger partial charge in [-0.1, -0.05) is 11.6 Å². The Balaban J connectivity index is 2.08. The van der Waals surface area contributed by atoms with E-state index >= 15 is 0 Å². The molecule has 0 bridgehead atoms. The molecule has 0 spiro atoms. The zero-order valence-electron chi connectivity index (χ0n) is 15.1. The van der Waals surface area contributed by atoms with Gasteiger partial charge in [0.1, 0.15) is 11.6 Å². The lowest BCUT2D eigenvalue weighted by Gasteiger charge is -2.30. The number of aryl methyl sites for hydroxylation is 1. The summed E-state index contributed by atoms with van der Waals surface area (Å²) in [5.74, 6) is -0.348. The van der Waals surface area contributed by atoms with Crippen molar-refractivity contribution in [2.45, 2.75) is 51.3 Å². The SMILES string of the molecule is Cn1ccc(N2C(CNC(=O)OC(C)(C)C)CCC2C(=O)OCCl)c1. The molecule has 1 aliphatic rings. The van der Waals surface area contributed by atoms with E-state index in [-0.39, 0.29) is 18.1 Å². The van der Waals surface area contributed by atoms with Gasteiger partial charge in [-0.2, -0.15) is 0 Å². The van der Waals surface area contributed by atoms with Gasteiger partial charge in [-0.05, 0) is 39.7 Å². The number of halogens is 1. The van der Waals surface area contributed by atoms with Gasteiger partial charge in [0.15, 0.2) is 6.07 Å². The first-order valence-corrected chi connectivity index (χ1v) is 8.84. The van der Waals surface area contributed by atoms with Crippen molar-refractivity contribution < 1.29 is 19.1 Å². The third-order valence-corrected chi connectivity index (χ3v) is 4.08. The first-order valence-electron chi connectivity index (χ1n) is 8.31. The maximum Gasteiger partial charge on any atom is 0.407 e. The van der Waals surface area contributed by atoms with E-state index in [4.69, 9.17) is 21.1 Å². The number of nitrogens with zero attached hydrogens (tertiary/aromatic N) is 2. The quantitative estimate of drug-likeness (QED) is 0.636. The van der Waals surface area contributed by atoms with Crippen LogP contribution in [0.15, 0.2) is 18.5 Å². The lowest BCUT2D eigenvalue weighted by atomic mass is 10.2. The number of rotatable bonds is 5. The second-order valence-corrected chi connectivity index (χ2v) is 7.36. The zero-order valence-corrected chi connectivity index (χ0v) is 15.9. The van der Waals surface area contributed by atoms with Crippen LogP contribution >= 0.6 is 11.6 Å². The van der Waals surface area contributed by atoms with Crippen LogP contribution in [0.3, 0.4) is 0 Å². The average Bonchev–Trinajstić information content (AvgIpc) is 3.09. The molecule has 1 aromatic rings. The number of aromatic nitrogens is 1. The Hall–Kier alpha value is -1.89. The number of carbonyl (C=O) groups is 2. The number of amides is 1. The Bertz CT molecular complexity index is 611. The van der Waals surface area contributed by atoms with Gasteiger partial charge in [-0.3, -0.25) is 0 Å². The molecular weight excluding hydrogens is 346 g/mol. The summed E-state index contributed by atoms with van der Waals surface area (Å²) in [7, 11) is 1.92. The van der Waals surface area contributed by atoms with Crippen LogP contribution in [-0.2, 0) is 21.3 Å². The molecule has 7 nitrogen and oxygen atoms in total. The number of hydrogen-bond acceptors (Lipinski definition) is 5. The molecule has 2 rings (SSSR count). The molecule has 0 saturated carbocycles. The first kappa shape index (κ1) is 19.4. The molecule has 1 aliphatic heterocycles. The Morgan fingerprint density at radius 1 is 1.36 bits per heavy atom. The lowest BCUT2D eigenvalue weighted by molar-refractivity contribution is -0.142. The van der Waals surface area contributed by atoms with Crippen molar-refractivity contribution in [3.63, 3.8) is 0 Å². The Labute approximate surface area is 153 Å². The standard InChI is InChI=1S/C17H26ClN3O4/c1-17(2,3)25-16(23)19-9-12-5-6-14(15(22)24-11-18)21(12)13-7-8-20(4)10-13/h7-8,10,12,14H,5-6,9,11H2,1-4H3,(H,19,23). The molecule has 1 saturated heterocycles. The van der Waals surface area contributed by atoms with Gasteiger partial charge in [-0.25, -0.2) is 9.59 Å². The molecule has 2 unspecified atom stereocenters. The maximum absolute atomic E-state index is 12.2. The molecular formula is C17H26ClN3O4. The average molecular weight is 372 g/mol. The van der Waals surface area contributed by atoms with Crippen LogP contribution in [0.2, 0.25) is 0 Å². The summed E-state index contributed by atoms with van der Waals surface area (Å²) in [6, 6.07) is 1.33. The highest BCUT2D eigenvalue weighted by atomic mass is 35.5. The molecule has 140 valence electrons. The molecule has 1 aromatic heterocycles. The van der Waals surface area contributed by atoms with Crippen molar-refractivity contribution >= 4 is 29.4 Å².